The summed E-state index contributed by atoms with van der Waals surface area (Å²) in [6, 6.07) is 0. The van der Waals surface area contributed by atoms with Gasteiger partial charge in [-0.3, -0.25) is 0 Å². The molecule has 33 heavy (non-hydrogen) atoms. The van der Waals surface area contributed by atoms with Gasteiger partial charge in [0.2, 0.25) is 0 Å². The Balaban J connectivity index is 2.37. The molecule has 2 fully saturated rings. The zero-order valence-corrected chi connectivity index (χ0v) is 24.4. The Morgan fingerprint density at radius 2 is 1.39 bits per heavy atom. The zero-order valence-electron chi connectivity index (χ0n) is 24.4. The molecule has 0 saturated heterocycles. The minimum Gasteiger partial charge on any atom is -0.0654 e. The number of hydrogen-bond donors (Lipinski definition) is 0. The van der Waals surface area contributed by atoms with Crippen molar-refractivity contribution in [3.05, 3.63) is 0 Å². The number of hydrogen-bond acceptors (Lipinski definition) is 0. The van der Waals surface area contributed by atoms with Crippen molar-refractivity contribution < 1.29 is 0 Å². The van der Waals surface area contributed by atoms with Crippen LogP contribution in [0.2, 0.25) is 0 Å². The first-order valence-electron chi connectivity index (χ1n) is 15.9. The summed E-state index contributed by atoms with van der Waals surface area (Å²) >= 11 is 0. The van der Waals surface area contributed by atoms with Crippen LogP contribution in [-0.4, -0.2) is 0 Å². The van der Waals surface area contributed by atoms with E-state index in [4.69, 9.17) is 0 Å². The van der Waals surface area contributed by atoms with Gasteiger partial charge in [-0.15, -0.1) is 0 Å². The van der Waals surface area contributed by atoms with Crippen LogP contribution < -0.4 is 0 Å². The summed E-state index contributed by atoms with van der Waals surface area (Å²) < 4.78 is 0. The van der Waals surface area contributed by atoms with Gasteiger partial charge >= 0.3 is 0 Å². The Morgan fingerprint density at radius 3 is 2.03 bits per heavy atom. The normalized spacial score (nSPS) is 36.5. The predicted octanol–water partition coefficient (Wildman–Crippen LogP) is 11.2. The summed E-state index contributed by atoms with van der Waals surface area (Å²) in [5, 5.41) is 0. The average Bonchev–Trinajstić information content (AvgIpc) is 2.78. The van der Waals surface area contributed by atoms with E-state index in [0.717, 1.165) is 59.2 Å². The topological polar surface area (TPSA) is 0 Å². The van der Waals surface area contributed by atoms with Crippen LogP contribution in [0.4, 0.5) is 0 Å². The maximum absolute atomic E-state index is 2.72. The molecule has 196 valence electrons. The van der Waals surface area contributed by atoms with Gasteiger partial charge in [0, 0.05) is 0 Å². The molecular weight excluding hydrogens is 396 g/mol. The van der Waals surface area contributed by atoms with Gasteiger partial charge in [0.25, 0.3) is 0 Å². The van der Waals surface area contributed by atoms with Gasteiger partial charge < -0.3 is 0 Å². The molecular formula is C33H64. The van der Waals surface area contributed by atoms with Crippen LogP contribution in [0.1, 0.15) is 152 Å². The molecule has 2 rings (SSSR count). The molecule has 0 aromatic carbocycles. The van der Waals surface area contributed by atoms with Crippen LogP contribution in [0.25, 0.3) is 0 Å². The van der Waals surface area contributed by atoms with Crippen molar-refractivity contribution in [2.24, 2.45) is 59.2 Å². The van der Waals surface area contributed by atoms with Crippen molar-refractivity contribution in [3.63, 3.8) is 0 Å². The molecule has 2 saturated carbocycles. The highest BCUT2D eigenvalue weighted by molar-refractivity contribution is 4.93. The van der Waals surface area contributed by atoms with Crippen molar-refractivity contribution in [1.29, 1.82) is 0 Å². The van der Waals surface area contributed by atoms with E-state index in [0.29, 0.717) is 0 Å². The maximum Gasteiger partial charge on any atom is -0.0334 e. The average molecular weight is 461 g/mol. The van der Waals surface area contributed by atoms with Crippen LogP contribution in [0.15, 0.2) is 0 Å². The third kappa shape index (κ3) is 7.74. The summed E-state index contributed by atoms with van der Waals surface area (Å²) in [7, 11) is 0. The van der Waals surface area contributed by atoms with Gasteiger partial charge in [0.05, 0.1) is 0 Å². The lowest BCUT2D eigenvalue weighted by Gasteiger charge is -2.50. The maximum atomic E-state index is 2.72. The van der Waals surface area contributed by atoms with Gasteiger partial charge in [-0.1, -0.05) is 126 Å². The second kappa shape index (κ2) is 15.2. The molecule has 0 nitrogen and oxygen atoms in total. The van der Waals surface area contributed by atoms with Crippen molar-refractivity contribution in [1.82, 2.24) is 0 Å². The highest BCUT2D eigenvalue weighted by Gasteiger charge is 2.44. The molecule has 0 aromatic heterocycles. The first-order chi connectivity index (χ1) is 15.9. The first kappa shape index (κ1) is 29.2. The van der Waals surface area contributed by atoms with Crippen LogP contribution in [0, 0.1) is 59.2 Å². The molecule has 0 heterocycles. The molecule has 0 spiro atoms. The summed E-state index contributed by atoms with van der Waals surface area (Å²) in [5.74, 6) is 9.56. The lowest BCUT2D eigenvalue weighted by atomic mass is 9.55. The van der Waals surface area contributed by atoms with Gasteiger partial charge in [-0.2, -0.15) is 0 Å². The van der Waals surface area contributed by atoms with E-state index >= 15 is 0 Å². The van der Waals surface area contributed by atoms with Gasteiger partial charge in [0.15, 0.2) is 0 Å². The van der Waals surface area contributed by atoms with Crippen LogP contribution in [0.5, 0.6) is 0 Å². The summed E-state index contributed by atoms with van der Waals surface area (Å²) in [6.45, 7) is 20.3. The lowest BCUT2D eigenvalue weighted by Crippen LogP contribution is -2.43. The fraction of sp³-hybridized carbons (Fsp3) is 1.00. The van der Waals surface area contributed by atoms with E-state index in [1.165, 1.54) is 89.9 Å². The monoisotopic (exact) mass is 461 g/mol. The van der Waals surface area contributed by atoms with Crippen LogP contribution in [0.3, 0.4) is 0 Å². The number of unbranched alkanes of at least 4 members (excludes halogenated alkanes) is 1. The summed E-state index contributed by atoms with van der Waals surface area (Å²) in [5.41, 5.74) is 0. The molecule has 0 amide bonds. The van der Waals surface area contributed by atoms with E-state index in [1.807, 2.05) is 0 Å². The third-order valence-corrected chi connectivity index (χ3v) is 10.9. The van der Waals surface area contributed by atoms with Crippen molar-refractivity contribution in [2.45, 2.75) is 152 Å². The van der Waals surface area contributed by atoms with E-state index in [1.54, 1.807) is 6.42 Å². The smallest absolute Gasteiger partial charge is 0.0334 e. The van der Waals surface area contributed by atoms with Crippen molar-refractivity contribution >= 4 is 0 Å². The van der Waals surface area contributed by atoms with E-state index in [-0.39, 0.29) is 0 Å². The largest absolute Gasteiger partial charge is 0.0654 e. The third-order valence-electron chi connectivity index (χ3n) is 10.9. The van der Waals surface area contributed by atoms with E-state index in [2.05, 4.69) is 55.4 Å². The number of rotatable bonds is 12. The van der Waals surface area contributed by atoms with Gasteiger partial charge in [-0.05, 0) is 84.9 Å². The fourth-order valence-electron chi connectivity index (χ4n) is 9.50. The molecule has 0 aliphatic heterocycles. The highest BCUT2D eigenvalue weighted by Crippen LogP contribution is 2.52. The molecule has 0 heteroatoms. The van der Waals surface area contributed by atoms with E-state index in [9.17, 15) is 0 Å². The second-order valence-electron chi connectivity index (χ2n) is 13.0. The molecule has 2 aliphatic rings. The van der Waals surface area contributed by atoms with E-state index < -0.39 is 0 Å². The van der Waals surface area contributed by atoms with Gasteiger partial charge in [0.1, 0.15) is 0 Å². The standard InChI is InChI=1S/C33H64/c1-9-13-20-29-27(8)33(25(6)18-11-3)26(7)19-16-23-31(29)32-22-15-14-21-30(32)28(12-4)24(5)17-10-2/h24-33H,9-23H2,1-8H3. The second-order valence-corrected chi connectivity index (χ2v) is 13.0. The molecule has 0 N–H and O–H groups in total. The Labute approximate surface area is 210 Å². The first-order valence-corrected chi connectivity index (χ1v) is 15.9. The summed E-state index contributed by atoms with van der Waals surface area (Å²) in [4.78, 5) is 0. The Hall–Kier alpha value is 0. The Bertz CT molecular complexity index is 490. The highest BCUT2D eigenvalue weighted by atomic mass is 14.5. The minimum atomic E-state index is 0.901. The van der Waals surface area contributed by atoms with Crippen LogP contribution >= 0.6 is 0 Å². The molecule has 2 aliphatic carbocycles. The quantitative estimate of drug-likeness (QED) is 0.271. The van der Waals surface area contributed by atoms with Crippen molar-refractivity contribution in [2.75, 3.05) is 0 Å². The molecule has 0 radical (unpaired) electrons. The Morgan fingerprint density at radius 1 is 0.727 bits per heavy atom. The molecule has 10 unspecified atom stereocenters. The zero-order chi connectivity index (χ0) is 24.4. The molecule has 0 aromatic rings. The minimum absolute atomic E-state index is 0.901. The summed E-state index contributed by atoms with van der Waals surface area (Å²) in [6.07, 6.45) is 22.0. The molecule has 0 bridgehead atoms. The SMILES string of the molecule is CCCCC1C(C)C(C(C)CCC)C(C)CCCC1C1CCCCC1C(CC)C(C)CCC. The lowest BCUT2D eigenvalue weighted by molar-refractivity contribution is -0.0102. The Kier molecular flexibility index (Phi) is 13.5. The fourth-order valence-corrected chi connectivity index (χ4v) is 9.50. The van der Waals surface area contributed by atoms with Crippen LogP contribution in [-0.2, 0) is 0 Å². The predicted molar refractivity (Wildman–Crippen MR) is 150 cm³/mol. The molecule has 10 atom stereocenters. The van der Waals surface area contributed by atoms with Gasteiger partial charge in [-0.25, -0.2) is 0 Å². The van der Waals surface area contributed by atoms with Crippen molar-refractivity contribution in [3.8, 4) is 0 Å².